The molecular formula is C20H20N4O2. The second kappa shape index (κ2) is 6.29. The number of ketones is 1. The molecule has 0 amide bonds. The highest BCUT2D eigenvalue weighted by atomic mass is 16.1. The summed E-state index contributed by atoms with van der Waals surface area (Å²) in [6.45, 7) is 5.24. The van der Waals surface area contributed by atoms with Crippen molar-refractivity contribution in [3.05, 3.63) is 59.8 Å². The van der Waals surface area contributed by atoms with Gasteiger partial charge >= 0.3 is 0 Å². The Morgan fingerprint density at radius 2 is 2.23 bits per heavy atom. The summed E-state index contributed by atoms with van der Waals surface area (Å²) in [6, 6.07) is 5.52. The number of nitrogens with zero attached hydrogens (tertiary/aromatic N) is 3. The van der Waals surface area contributed by atoms with Crippen LogP contribution in [0.3, 0.4) is 0 Å². The number of nitrogens with one attached hydrogen (secondary N) is 1. The quantitative estimate of drug-likeness (QED) is 0.719. The van der Waals surface area contributed by atoms with E-state index in [0.717, 1.165) is 40.9 Å². The van der Waals surface area contributed by atoms with E-state index in [1.807, 2.05) is 24.7 Å². The third kappa shape index (κ3) is 2.83. The van der Waals surface area contributed by atoms with E-state index >= 15 is 0 Å². The van der Waals surface area contributed by atoms with E-state index in [9.17, 15) is 9.59 Å². The Hall–Kier alpha value is -3.15. The van der Waals surface area contributed by atoms with Crippen LogP contribution in [0.25, 0.3) is 22.2 Å². The summed E-state index contributed by atoms with van der Waals surface area (Å²) in [4.78, 5) is 33.0. The van der Waals surface area contributed by atoms with Crippen molar-refractivity contribution in [1.82, 2.24) is 14.5 Å². The molecule has 1 fully saturated rings. The smallest absolute Gasteiger partial charge is 0.250 e. The fourth-order valence-corrected chi connectivity index (χ4v) is 3.44. The van der Waals surface area contributed by atoms with E-state index in [1.54, 1.807) is 17.7 Å². The number of allylic oxidation sites excluding steroid dienone is 1. The molecular weight excluding hydrogens is 328 g/mol. The highest BCUT2D eigenvalue weighted by Gasteiger charge is 2.28. The van der Waals surface area contributed by atoms with Crippen molar-refractivity contribution in [3.8, 4) is 11.1 Å². The molecule has 1 saturated heterocycles. The van der Waals surface area contributed by atoms with Crippen LogP contribution >= 0.6 is 0 Å². The average Bonchev–Trinajstić information content (AvgIpc) is 3.03. The first-order chi connectivity index (χ1) is 12.5. The molecule has 1 aliphatic rings. The summed E-state index contributed by atoms with van der Waals surface area (Å²) in [7, 11) is 1.75. The maximum absolute atomic E-state index is 11.6. The predicted molar refractivity (Wildman–Crippen MR) is 102 cm³/mol. The van der Waals surface area contributed by atoms with Gasteiger partial charge < -0.3 is 14.5 Å². The number of pyridine rings is 2. The molecule has 0 atom stereocenters. The maximum atomic E-state index is 11.6. The van der Waals surface area contributed by atoms with Crippen molar-refractivity contribution in [2.24, 2.45) is 13.0 Å². The first kappa shape index (κ1) is 16.3. The topological polar surface area (TPSA) is 71.0 Å². The van der Waals surface area contributed by atoms with Crippen molar-refractivity contribution >= 4 is 22.5 Å². The SMILES string of the molecule is C=CC(=O)CC1CN(c2cnc3[nH]cc(-c4ccc(=O)n(C)c4)c3c2)C1. The number of aromatic nitrogens is 3. The molecule has 26 heavy (non-hydrogen) atoms. The monoisotopic (exact) mass is 348 g/mol. The Labute approximate surface area is 150 Å². The molecule has 1 N–H and O–H groups in total. The van der Waals surface area contributed by atoms with Gasteiger partial charge in [0.15, 0.2) is 5.78 Å². The van der Waals surface area contributed by atoms with Crippen LogP contribution < -0.4 is 10.5 Å². The second-order valence-electron chi connectivity index (χ2n) is 6.80. The summed E-state index contributed by atoms with van der Waals surface area (Å²) in [5.41, 5.74) is 3.81. The van der Waals surface area contributed by atoms with Gasteiger partial charge in [0.05, 0.1) is 11.9 Å². The number of carbonyl (C=O) groups excluding carboxylic acids is 1. The second-order valence-corrected chi connectivity index (χ2v) is 6.80. The zero-order chi connectivity index (χ0) is 18.3. The molecule has 4 heterocycles. The Bertz CT molecular complexity index is 1060. The van der Waals surface area contributed by atoms with Crippen molar-refractivity contribution in [3.63, 3.8) is 0 Å². The zero-order valence-electron chi connectivity index (χ0n) is 14.6. The van der Waals surface area contributed by atoms with Crippen LogP contribution in [0.15, 0.2) is 54.2 Å². The van der Waals surface area contributed by atoms with Gasteiger partial charge in [-0.15, -0.1) is 0 Å². The molecule has 3 aromatic rings. The van der Waals surface area contributed by atoms with Gasteiger partial charge in [-0.1, -0.05) is 6.58 Å². The predicted octanol–water partition coefficient (Wildman–Crippen LogP) is 2.51. The highest BCUT2D eigenvalue weighted by Crippen LogP contribution is 2.32. The minimum atomic E-state index is -0.0342. The van der Waals surface area contributed by atoms with E-state index in [1.165, 1.54) is 6.08 Å². The third-order valence-electron chi connectivity index (χ3n) is 4.95. The van der Waals surface area contributed by atoms with Crippen LogP contribution in [0.4, 0.5) is 5.69 Å². The van der Waals surface area contributed by atoms with E-state index in [4.69, 9.17) is 0 Å². The molecule has 0 bridgehead atoms. The van der Waals surface area contributed by atoms with E-state index in [0.29, 0.717) is 12.3 Å². The van der Waals surface area contributed by atoms with E-state index < -0.39 is 0 Å². The first-order valence-corrected chi connectivity index (χ1v) is 8.59. The lowest BCUT2D eigenvalue weighted by molar-refractivity contribution is -0.115. The van der Waals surface area contributed by atoms with Gasteiger partial charge in [-0.25, -0.2) is 4.98 Å². The third-order valence-corrected chi connectivity index (χ3v) is 4.95. The summed E-state index contributed by atoms with van der Waals surface area (Å²) in [6.07, 6.45) is 7.56. The summed E-state index contributed by atoms with van der Waals surface area (Å²) in [5, 5.41) is 1.02. The summed E-state index contributed by atoms with van der Waals surface area (Å²) >= 11 is 0. The lowest BCUT2D eigenvalue weighted by Crippen LogP contribution is -2.47. The number of hydrogen-bond acceptors (Lipinski definition) is 4. The molecule has 3 aromatic heterocycles. The van der Waals surface area contributed by atoms with E-state index in [-0.39, 0.29) is 11.3 Å². The molecule has 0 radical (unpaired) electrons. The molecule has 6 heteroatoms. The summed E-state index contributed by atoms with van der Waals surface area (Å²) < 4.78 is 1.57. The number of rotatable bonds is 5. The van der Waals surface area contributed by atoms with Crippen molar-refractivity contribution in [2.45, 2.75) is 6.42 Å². The summed E-state index contributed by atoms with van der Waals surface area (Å²) in [5.74, 6) is 0.483. The van der Waals surface area contributed by atoms with E-state index in [2.05, 4.69) is 27.5 Å². The van der Waals surface area contributed by atoms with Gasteiger partial charge in [-0.3, -0.25) is 9.59 Å². The zero-order valence-corrected chi connectivity index (χ0v) is 14.6. The number of fused-ring (bicyclic) bond motifs is 1. The van der Waals surface area contributed by atoms with Crippen molar-refractivity contribution in [1.29, 1.82) is 0 Å². The molecule has 0 saturated carbocycles. The minimum Gasteiger partial charge on any atom is -0.370 e. The largest absolute Gasteiger partial charge is 0.370 e. The van der Waals surface area contributed by atoms with Gasteiger partial charge in [0, 0.05) is 67.4 Å². The Kier molecular flexibility index (Phi) is 3.95. The number of aromatic amines is 1. The van der Waals surface area contributed by atoms with Crippen molar-refractivity contribution < 1.29 is 4.79 Å². The van der Waals surface area contributed by atoms with Gasteiger partial charge in [-0.05, 0) is 18.2 Å². The molecule has 6 nitrogen and oxygen atoms in total. The normalized spacial score (nSPS) is 14.4. The number of carbonyl (C=O) groups is 1. The van der Waals surface area contributed by atoms with Gasteiger partial charge in [0.1, 0.15) is 5.65 Å². The Balaban J connectivity index is 1.61. The maximum Gasteiger partial charge on any atom is 0.250 e. The van der Waals surface area contributed by atoms with Gasteiger partial charge in [0.25, 0.3) is 0 Å². The number of anilines is 1. The molecule has 4 rings (SSSR count). The average molecular weight is 348 g/mol. The van der Waals surface area contributed by atoms with Crippen LogP contribution in [0.1, 0.15) is 6.42 Å². The van der Waals surface area contributed by atoms with Crippen LogP contribution in [-0.2, 0) is 11.8 Å². The Morgan fingerprint density at radius 1 is 1.42 bits per heavy atom. The fourth-order valence-electron chi connectivity index (χ4n) is 3.44. The Morgan fingerprint density at radius 3 is 2.96 bits per heavy atom. The molecule has 132 valence electrons. The minimum absolute atomic E-state index is 0.0342. The number of hydrogen-bond donors (Lipinski definition) is 1. The van der Waals surface area contributed by atoms with Crippen molar-refractivity contribution in [2.75, 3.05) is 18.0 Å². The molecule has 0 unspecified atom stereocenters. The van der Waals surface area contributed by atoms with Gasteiger partial charge in [-0.2, -0.15) is 0 Å². The lowest BCUT2D eigenvalue weighted by Gasteiger charge is -2.40. The number of aryl methyl sites for hydroxylation is 1. The van der Waals surface area contributed by atoms with Crippen LogP contribution in [0.2, 0.25) is 0 Å². The van der Waals surface area contributed by atoms with Gasteiger partial charge in [0.2, 0.25) is 5.56 Å². The standard InChI is InChI=1S/C20H20N4O2/c1-3-16(25)6-13-10-24(11-13)15-7-17-18(9-22-20(17)21-8-15)14-4-5-19(26)23(2)12-14/h3-5,7-9,12-13H,1,6,10-11H2,2H3,(H,21,22). The molecule has 1 aliphatic heterocycles. The molecule has 0 spiro atoms. The molecule has 0 aliphatic carbocycles. The first-order valence-electron chi connectivity index (χ1n) is 8.59. The number of H-pyrrole nitrogens is 1. The molecule has 0 aromatic carbocycles. The lowest BCUT2D eigenvalue weighted by atomic mass is 9.93. The highest BCUT2D eigenvalue weighted by molar-refractivity contribution is 5.95. The van der Waals surface area contributed by atoms with Crippen LogP contribution in [0.5, 0.6) is 0 Å². The van der Waals surface area contributed by atoms with Crippen LogP contribution in [-0.4, -0.2) is 33.4 Å². The fraction of sp³-hybridized carbons (Fsp3) is 0.250. The van der Waals surface area contributed by atoms with Crippen LogP contribution in [0, 0.1) is 5.92 Å².